The molecule has 1 N–H and O–H groups in total. The van der Waals surface area contributed by atoms with Crippen molar-refractivity contribution in [3.8, 4) is 11.1 Å². The Kier molecular flexibility index (Phi) is 6.38. The Hall–Kier alpha value is -3.38. The fourth-order valence-corrected chi connectivity index (χ4v) is 4.60. The molecule has 0 heterocycles. The number of aliphatic carboxylic acids is 1. The van der Waals surface area contributed by atoms with Crippen LogP contribution in [0.3, 0.4) is 0 Å². The summed E-state index contributed by atoms with van der Waals surface area (Å²) in [4.78, 5) is 26.3. The number of nitrogens with zero attached hydrogens (tertiary/aromatic N) is 1. The molecule has 1 unspecified atom stereocenters. The predicted octanol–water partition coefficient (Wildman–Crippen LogP) is 6.26. The topological polar surface area (TPSA) is 66.8 Å². The number of rotatable bonds is 6. The maximum Gasteiger partial charge on any atom is 0.411 e. The number of benzene rings is 3. The third-order valence-corrected chi connectivity index (χ3v) is 6.18. The molecule has 170 valence electrons. The van der Waals surface area contributed by atoms with Gasteiger partial charge in [-0.3, -0.25) is 4.90 Å². The van der Waals surface area contributed by atoms with Crippen LogP contribution in [0.2, 0.25) is 5.02 Å². The number of carboxylic acids is 1. The van der Waals surface area contributed by atoms with Crippen molar-refractivity contribution in [3.63, 3.8) is 0 Å². The number of amides is 1. The molecule has 0 fully saturated rings. The van der Waals surface area contributed by atoms with E-state index in [1.54, 1.807) is 13.8 Å². The number of carbonyl (C=O) groups is 2. The molecule has 0 saturated heterocycles. The minimum Gasteiger partial charge on any atom is -0.479 e. The number of carboxylic acid groups (broad SMARTS) is 1. The highest BCUT2D eigenvalue weighted by atomic mass is 35.5. The molecule has 0 radical (unpaired) electrons. The standard InChI is InChI=1S/C26H23ClFNO4/c1-15(2)29(24(25(30)31)20-12-7-13-22(27)23(20)28)26(32)33-14-21-18-10-5-3-8-16(18)17-9-4-6-11-19(17)21/h3-13,15,21,24H,14H2,1-2H3,(H,30,31). The Morgan fingerprint density at radius 3 is 2.12 bits per heavy atom. The van der Waals surface area contributed by atoms with Crippen LogP contribution >= 0.6 is 11.6 Å². The van der Waals surface area contributed by atoms with Gasteiger partial charge in [0.2, 0.25) is 0 Å². The van der Waals surface area contributed by atoms with E-state index in [-0.39, 0.29) is 23.1 Å². The molecule has 4 rings (SSSR count). The maximum absolute atomic E-state index is 14.7. The van der Waals surface area contributed by atoms with Crippen LogP contribution in [0.1, 0.15) is 42.5 Å². The summed E-state index contributed by atoms with van der Waals surface area (Å²) >= 11 is 5.87. The van der Waals surface area contributed by atoms with Crippen LogP contribution < -0.4 is 0 Å². The molecule has 0 spiro atoms. The van der Waals surface area contributed by atoms with Crippen molar-refractivity contribution < 1.29 is 23.8 Å². The zero-order valence-corrected chi connectivity index (χ0v) is 18.9. The highest BCUT2D eigenvalue weighted by Crippen LogP contribution is 2.44. The fourth-order valence-electron chi connectivity index (χ4n) is 4.42. The summed E-state index contributed by atoms with van der Waals surface area (Å²) in [6.07, 6.45) is -0.835. The molecule has 7 heteroatoms. The van der Waals surface area contributed by atoms with E-state index in [0.717, 1.165) is 27.2 Å². The van der Waals surface area contributed by atoms with Crippen LogP contribution in [-0.2, 0) is 9.53 Å². The van der Waals surface area contributed by atoms with Crippen molar-refractivity contribution in [3.05, 3.63) is 94.3 Å². The minimum absolute atomic E-state index is 0.0282. The van der Waals surface area contributed by atoms with E-state index in [1.165, 1.54) is 18.2 Å². The summed E-state index contributed by atoms with van der Waals surface area (Å²) in [7, 11) is 0. The van der Waals surface area contributed by atoms with E-state index < -0.39 is 30.0 Å². The molecular formula is C26H23ClFNO4. The van der Waals surface area contributed by atoms with Gasteiger partial charge >= 0.3 is 12.1 Å². The Morgan fingerprint density at radius 2 is 1.58 bits per heavy atom. The first kappa shape index (κ1) is 22.8. The fraction of sp³-hybridized carbons (Fsp3) is 0.231. The summed E-state index contributed by atoms with van der Waals surface area (Å²) in [5.41, 5.74) is 4.05. The Morgan fingerprint density at radius 1 is 1.00 bits per heavy atom. The van der Waals surface area contributed by atoms with Gasteiger partial charge in [-0.2, -0.15) is 0 Å². The number of hydrogen-bond donors (Lipinski definition) is 1. The van der Waals surface area contributed by atoms with Gasteiger partial charge in [-0.25, -0.2) is 14.0 Å². The molecule has 5 nitrogen and oxygen atoms in total. The monoisotopic (exact) mass is 467 g/mol. The van der Waals surface area contributed by atoms with Gasteiger partial charge in [-0.1, -0.05) is 72.3 Å². The molecular weight excluding hydrogens is 445 g/mol. The van der Waals surface area contributed by atoms with Crippen LogP contribution in [0, 0.1) is 5.82 Å². The largest absolute Gasteiger partial charge is 0.479 e. The lowest BCUT2D eigenvalue weighted by Crippen LogP contribution is -2.44. The molecule has 0 bridgehead atoms. The second-order valence-corrected chi connectivity index (χ2v) is 8.60. The van der Waals surface area contributed by atoms with E-state index in [0.29, 0.717) is 0 Å². The van der Waals surface area contributed by atoms with Crippen LogP contribution in [0.25, 0.3) is 11.1 Å². The second kappa shape index (κ2) is 9.24. The van der Waals surface area contributed by atoms with Gasteiger partial charge in [-0.15, -0.1) is 0 Å². The number of halogens is 2. The Balaban J connectivity index is 1.62. The van der Waals surface area contributed by atoms with Crippen LogP contribution in [0.15, 0.2) is 66.7 Å². The van der Waals surface area contributed by atoms with Crippen molar-refractivity contribution in [2.45, 2.75) is 31.8 Å². The smallest absolute Gasteiger partial charge is 0.411 e. The van der Waals surface area contributed by atoms with E-state index in [1.807, 2.05) is 48.5 Å². The summed E-state index contributed by atoms with van der Waals surface area (Å²) in [5, 5.41) is 9.68. The average Bonchev–Trinajstić information content (AvgIpc) is 3.11. The van der Waals surface area contributed by atoms with Gasteiger partial charge < -0.3 is 9.84 Å². The van der Waals surface area contributed by atoms with Gasteiger partial charge in [0.1, 0.15) is 12.4 Å². The lowest BCUT2D eigenvalue weighted by atomic mass is 9.98. The van der Waals surface area contributed by atoms with E-state index in [4.69, 9.17) is 16.3 Å². The third kappa shape index (κ3) is 4.18. The number of hydrogen-bond acceptors (Lipinski definition) is 3. The Bertz CT molecular complexity index is 1170. The molecule has 0 aliphatic heterocycles. The van der Waals surface area contributed by atoms with E-state index >= 15 is 0 Å². The zero-order chi connectivity index (χ0) is 23.7. The number of fused-ring (bicyclic) bond motifs is 3. The molecule has 33 heavy (non-hydrogen) atoms. The van der Waals surface area contributed by atoms with Gasteiger partial charge in [0.15, 0.2) is 6.04 Å². The van der Waals surface area contributed by atoms with Crippen molar-refractivity contribution in [2.24, 2.45) is 0 Å². The van der Waals surface area contributed by atoms with Gasteiger partial charge in [0.25, 0.3) is 0 Å². The lowest BCUT2D eigenvalue weighted by molar-refractivity contribution is -0.143. The van der Waals surface area contributed by atoms with Crippen LogP contribution in [0.5, 0.6) is 0 Å². The minimum atomic E-state index is -1.58. The number of ether oxygens (including phenoxy) is 1. The summed E-state index contributed by atoms with van der Waals surface area (Å²) in [6, 6.07) is 17.8. The van der Waals surface area contributed by atoms with Gasteiger partial charge in [0.05, 0.1) is 5.02 Å². The molecule has 3 aromatic carbocycles. The summed E-state index contributed by atoms with van der Waals surface area (Å²) < 4.78 is 20.3. The average molecular weight is 468 g/mol. The van der Waals surface area contributed by atoms with Gasteiger partial charge in [0, 0.05) is 17.5 Å². The van der Waals surface area contributed by atoms with Crippen LogP contribution in [-0.4, -0.2) is 34.7 Å². The molecule has 0 aromatic heterocycles. The SMILES string of the molecule is CC(C)N(C(=O)OCC1c2ccccc2-c2ccccc21)C(C(=O)O)c1cccc(Cl)c1F. The van der Waals surface area contributed by atoms with E-state index in [2.05, 4.69) is 0 Å². The van der Waals surface area contributed by atoms with Crippen molar-refractivity contribution in [2.75, 3.05) is 6.61 Å². The Labute approximate surface area is 196 Å². The summed E-state index contributed by atoms with van der Waals surface area (Å²) in [5.74, 6) is -2.43. The van der Waals surface area contributed by atoms with E-state index in [9.17, 15) is 19.1 Å². The molecule has 1 amide bonds. The second-order valence-electron chi connectivity index (χ2n) is 8.19. The lowest BCUT2D eigenvalue weighted by Gasteiger charge is -2.32. The predicted molar refractivity (Wildman–Crippen MR) is 124 cm³/mol. The normalized spacial score (nSPS) is 13.4. The van der Waals surface area contributed by atoms with Crippen LogP contribution in [0.4, 0.5) is 9.18 Å². The molecule has 1 atom stereocenters. The zero-order valence-electron chi connectivity index (χ0n) is 18.2. The quantitative estimate of drug-likeness (QED) is 0.464. The highest BCUT2D eigenvalue weighted by Gasteiger charge is 2.37. The van der Waals surface area contributed by atoms with Crippen molar-refractivity contribution >= 4 is 23.7 Å². The van der Waals surface area contributed by atoms with Crippen molar-refractivity contribution in [1.29, 1.82) is 0 Å². The third-order valence-electron chi connectivity index (χ3n) is 5.89. The highest BCUT2D eigenvalue weighted by molar-refractivity contribution is 6.30. The molecule has 3 aromatic rings. The van der Waals surface area contributed by atoms with Gasteiger partial charge in [-0.05, 0) is 42.2 Å². The van der Waals surface area contributed by atoms with Crippen molar-refractivity contribution in [1.82, 2.24) is 4.90 Å². The first-order valence-electron chi connectivity index (χ1n) is 10.6. The molecule has 1 aliphatic carbocycles. The molecule has 0 saturated carbocycles. The summed E-state index contributed by atoms with van der Waals surface area (Å²) in [6.45, 7) is 3.33. The first-order chi connectivity index (χ1) is 15.8. The number of carbonyl (C=O) groups excluding carboxylic acids is 1. The first-order valence-corrected chi connectivity index (χ1v) is 11.0. The molecule has 1 aliphatic rings. The maximum atomic E-state index is 14.7.